The minimum atomic E-state index is -0.358. The lowest BCUT2D eigenvalue weighted by Gasteiger charge is -2.11. The minimum absolute atomic E-state index is 0.0534. The van der Waals surface area contributed by atoms with Crippen molar-refractivity contribution in [1.29, 1.82) is 0 Å². The van der Waals surface area contributed by atoms with Gasteiger partial charge in [0, 0.05) is 6.04 Å². The average Bonchev–Trinajstić information content (AvgIpc) is 3.26. The fourth-order valence-electron chi connectivity index (χ4n) is 3.08. The summed E-state index contributed by atoms with van der Waals surface area (Å²) in [6.45, 7) is 4.64. The first-order chi connectivity index (χ1) is 14.1. The van der Waals surface area contributed by atoms with Crippen LogP contribution in [0, 0.1) is 0 Å². The molecule has 2 atom stereocenters. The molecule has 1 fully saturated rings. The van der Waals surface area contributed by atoms with E-state index >= 15 is 0 Å². The highest BCUT2D eigenvalue weighted by atomic mass is 16.5. The fraction of sp³-hybridized carbons (Fsp3) is 0.364. The number of amides is 1. The summed E-state index contributed by atoms with van der Waals surface area (Å²) in [6.07, 6.45) is 1.62. The fourth-order valence-corrected chi connectivity index (χ4v) is 3.08. The Balaban J connectivity index is 1.53. The number of hydrogen-bond donors (Lipinski definition) is 3. The summed E-state index contributed by atoms with van der Waals surface area (Å²) in [6, 6.07) is 15.2. The van der Waals surface area contributed by atoms with Crippen molar-refractivity contribution in [3.8, 4) is 11.5 Å². The number of methoxy groups -OCH3 is 1. The van der Waals surface area contributed by atoms with Crippen LogP contribution in [-0.4, -0.2) is 31.4 Å². The van der Waals surface area contributed by atoms with Gasteiger partial charge in [0.25, 0.3) is 5.91 Å². The van der Waals surface area contributed by atoms with Crippen molar-refractivity contribution in [2.24, 2.45) is 5.10 Å². The molecule has 3 rings (SSSR count). The molecule has 154 valence electrons. The van der Waals surface area contributed by atoms with Gasteiger partial charge in [-0.25, -0.2) is 16.3 Å². The van der Waals surface area contributed by atoms with Crippen LogP contribution in [0.4, 0.5) is 0 Å². The van der Waals surface area contributed by atoms with Crippen LogP contribution >= 0.6 is 0 Å². The lowest BCUT2D eigenvalue weighted by atomic mass is 10.0. The van der Waals surface area contributed by atoms with E-state index in [1.165, 1.54) is 0 Å². The van der Waals surface area contributed by atoms with Crippen molar-refractivity contribution in [3.05, 3.63) is 59.7 Å². The molecule has 29 heavy (non-hydrogen) atoms. The highest BCUT2D eigenvalue weighted by molar-refractivity contribution is 5.99. The van der Waals surface area contributed by atoms with Crippen LogP contribution in [0.15, 0.2) is 53.6 Å². The van der Waals surface area contributed by atoms with E-state index < -0.39 is 0 Å². The SMILES string of the molecule is CCCOc1ccc(C2CC(C(=O)N/N=C(/C)c3ccc(OC)cc3)NN2)cc1. The molecule has 2 aromatic rings. The number of benzene rings is 2. The Hall–Kier alpha value is -2.90. The zero-order chi connectivity index (χ0) is 20.6. The van der Waals surface area contributed by atoms with Crippen LogP contribution in [0.5, 0.6) is 11.5 Å². The van der Waals surface area contributed by atoms with Gasteiger partial charge in [-0.1, -0.05) is 19.1 Å². The maximum atomic E-state index is 12.5. The second-order valence-electron chi connectivity index (χ2n) is 6.95. The Kier molecular flexibility index (Phi) is 7.21. The second-order valence-corrected chi connectivity index (χ2v) is 6.95. The summed E-state index contributed by atoms with van der Waals surface area (Å²) in [5.41, 5.74) is 11.6. The van der Waals surface area contributed by atoms with Crippen molar-refractivity contribution in [2.75, 3.05) is 13.7 Å². The Bertz CT molecular complexity index is 834. The lowest BCUT2D eigenvalue weighted by molar-refractivity contribution is -0.122. The highest BCUT2D eigenvalue weighted by Gasteiger charge is 2.30. The molecule has 1 aliphatic heterocycles. The average molecular weight is 396 g/mol. The molecule has 2 aromatic carbocycles. The van der Waals surface area contributed by atoms with Crippen LogP contribution in [0.1, 0.15) is 43.9 Å². The van der Waals surface area contributed by atoms with Crippen LogP contribution in [0.3, 0.4) is 0 Å². The van der Waals surface area contributed by atoms with Crippen molar-refractivity contribution in [2.45, 2.75) is 38.8 Å². The van der Waals surface area contributed by atoms with Gasteiger partial charge < -0.3 is 9.47 Å². The molecule has 0 spiro atoms. The number of ether oxygens (including phenoxy) is 2. The first-order valence-corrected chi connectivity index (χ1v) is 9.83. The number of carbonyl (C=O) groups excluding carboxylic acids is 1. The molecule has 7 nitrogen and oxygen atoms in total. The number of hydrazone groups is 1. The van der Waals surface area contributed by atoms with E-state index in [1.807, 2.05) is 55.5 Å². The van der Waals surface area contributed by atoms with Crippen molar-refractivity contribution in [3.63, 3.8) is 0 Å². The number of nitrogens with one attached hydrogen (secondary N) is 3. The van der Waals surface area contributed by atoms with Gasteiger partial charge >= 0.3 is 0 Å². The van der Waals surface area contributed by atoms with E-state index in [2.05, 4.69) is 28.3 Å². The number of hydrazine groups is 1. The van der Waals surface area contributed by atoms with E-state index in [0.717, 1.165) is 34.8 Å². The van der Waals surface area contributed by atoms with Crippen molar-refractivity contribution < 1.29 is 14.3 Å². The van der Waals surface area contributed by atoms with Crippen molar-refractivity contribution >= 4 is 11.6 Å². The highest BCUT2D eigenvalue weighted by Crippen LogP contribution is 2.24. The summed E-state index contributed by atoms with van der Waals surface area (Å²) in [7, 11) is 1.63. The summed E-state index contributed by atoms with van der Waals surface area (Å²) >= 11 is 0. The smallest absolute Gasteiger partial charge is 0.258 e. The monoisotopic (exact) mass is 396 g/mol. The Morgan fingerprint density at radius 1 is 1.10 bits per heavy atom. The summed E-state index contributed by atoms with van der Waals surface area (Å²) in [4.78, 5) is 12.5. The van der Waals surface area contributed by atoms with Gasteiger partial charge in [-0.3, -0.25) is 4.79 Å². The standard InChI is InChI=1S/C22H28N4O3/c1-4-13-29-19-11-7-17(8-12-19)20-14-21(25-24-20)22(27)26-23-15(2)16-5-9-18(28-3)10-6-16/h5-12,20-21,24-25H,4,13-14H2,1-3H3,(H,26,27)/b23-15-. The van der Waals surface area contributed by atoms with Gasteiger partial charge in [0.2, 0.25) is 0 Å². The third-order valence-electron chi connectivity index (χ3n) is 4.82. The molecule has 1 aliphatic rings. The molecule has 7 heteroatoms. The van der Waals surface area contributed by atoms with Crippen LogP contribution in [0.25, 0.3) is 0 Å². The quantitative estimate of drug-likeness (QED) is 0.472. The van der Waals surface area contributed by atoms with E-state index in [-0.39, 0.29) is 18.0 Å². The van der Waals surface area contributed by atoms with E-state index in [1.54, 1.807) is 7.11 Å². The second kappa shape index (κ2) is 10.0. The number of nitrogens with zero attached hydrogens (tertiary/aromatic N) is 1. The third-order valence-corrected chi connectivity index (χ3v) is 4.82. The summed E-state index contributed by atoms with van der Waals surface area (Å²) in [5, 5.41) is 4.22. The van der Waals surface area contributed by atoms with Gasteiger partial charge in [-0.2, -0.15) is 5.10 Å². The molecular weight excluding hydrogens is 368 g/mol. The van der Waals surface area contributed by atoms with Crippen LogP contribution in [0.2, 0.25) is 0 Å². The lowest BCUT2D eigenvalue weighted by Crippen LogP contribution is -2.41. The molecule has 0 saturated carbocycles. The number of hydrogen-bond acceptors (Lipinski definition) is 6. The van der Waals surface area contributed by atoms with Crippen LogP contribution in [-0.2, 0) is 4.79 Å². The zero-order valence-electron chi connectivity index (χ0n) is 17.1. The minimum Gasteiger partial charge on any atom is -0.497 e. The Labute approximate surface area is 171 Å². The number of carbonyl (C=O) groups is 1. The van der Waals surface area contributed by atoms with Crippen LogP contribution < -0.4 is 25.8 Å². The maximum absolute atomic E-state index is 12.5. The van der Waals surface area contributed by atoms with Gasteiger partial charge in [-0.05, 0) is 67.3 Å². The topological polar surface area (TPSA) is 84.0 Å². The first-order valence-electron chi connectivity index (χ1n) is 9.83. The molecule has 0 bridgehead atoms. The summed E-state index contributed by atoms with van der Waals surface area (Å²) in [5.74, 6) is 1.47. The van der Waals surface area contributed by atoms with Gasteiger partial charge in [0.15, 0.2) is 0 Å². The molecule has 1 heterocycles. The molecule has 1 amide bonds. The number of rotatable bonds is 8. The Morgan fingerprint density at radius 2 is 1.79 bits per heavy atom. The predicted molar refractivity (Wildman–Crippen MR) is 113 cm³/mol. The first kappa shape index (κ1) is 20.8. The molecule has 0 aliphatic carbocycles. The summed E-state index contributed by atoms with van der Waals surface area (Å²) < 4.78 is 10.8. The molecule has 1 saturated heterocycles. The normalized spacial score (nSPS) is 19.1. The van der Waals surface area contributed by atoms with Gasteiger partial charge in [0.1, 0.15) is 17.5 Å². The molecular formula is C22H28N4O3. The van der Waals surface area contributed by atoms with E-state index in [0.29, 0.717) is 13.0 Å². The van der Waals surface area contributed by atoms with Gasteiger partial charge in [-0.15, -0.1) is 0 Å². The maximum Gasteiger partial charge on any atom is 0.258 e. The predicted octanol–water partition coefficient (Wildman–Crippen LogP) is 2.93. The Morgan fingerprint density at radius 3 is 2.45 bits per heavy atom. The molecule has 3 N–H and O–H groups in total. The van der Waals surface area contributed by atoms with Gasteiger partial charge in [0.05, 0.1) is 19.4 Å². The van der Waals surface area contributed by atoms with E-state index in [9.17, 15) is 4.79 Å². The van der Waals surface area contributed by atoms with E-state index in [4.69, 9.17) is 9.47 Å². The molecule has 0 aromatic heterocycles. The molecule has 2 unspecified atom stereocenters. The largest absolute Gasteiger partial charge is 0.497 e. The third kappa shape index (κ3) is 5.56. The molecule has 0 radical (unpaired) electrons. The van der Waals surface area contributed by atoms with Crippen molar-refractivity contribution in [1.82, 2.24) is 16.3 Å². The zero-order valence-corrected chi connectivity index (χ0v) is 17.1.